The molecule has 0 unspecified atom stereocenters. The minimum absolute atomic E-state index is 0.176. The van der Waals surface area contributed by atoms with Crippen molar-refractivity contribution in [1.29, 1.82) is 0 Å². The lowest BCUT2D eigenvalue weighted by Crippen LogP contribution is -2.33. The number of carbonyl (C=O) groups excluding carboxylic acids is 1. The number of amides is 1. The molecule has 0 N–H and O–H groups in total. The van der Waals surface area contributed by atoms with E-state index in [4.69, 9.17) is 4.42 Å². The number of nitrogens with zero attached hydrogens (tertiary/aromatic N) is 4. The van der Waals surface area contributed by atoms with Gasteiger partial charge in [-0.15, -0.1) is 10.2 Å². The van der Waals surface area contributed by atoms with Crippen molar-refractivity contribution >= 4 is 17.7 Å². The van der Waals surface area contributed by atoms with Crippen molar-refractivity contribution in [2.24, 2.45) is 0 Å². The molecule has 1 aliphatic heterocycles. The minimum atomic E-state index is 0.176. The highest BCUT2D eigenvalue weighted by atomic mass is 32.2. The summed E-state index contributed by atoms with van der Waals surface area (Å²) in [6.45, 7) is 3.64. The number of likely N-dealkylation sites (tertiary alicyclic amines) is 1. The molecule has 28 heavy (non-hydrogen) atoms. The number of rotatable bonds is 5. The van der Waals surface area contributed by atoms with Gasteiger partial charge in [0.05, 0.1) is 17.6 Å². The normalized spacial score (nSPS) is 14.8. The van der Waals surface area contributed by atoms with Crippen LogP contribution in [0.3, 0.4) is 0 Å². The van der Waals surface area contributed by atoms with Crippen LogP contribution < -0.4 is 0 Å². The fourth-order valence-corrected chi connectivity index (χ4v) is 4.36. The molecule has 1 saturated heterocycles. The van der Waals surface area contributed by atoms with E-state index in [1.54, 1.807) is 6.26 Å². The summed E-state index contributed by atoms with van der Waals surface area (Å²) in [5.74, 6) is 2.06. The van der Waals surface area contributed by atoms with Crippen molar-refractivity contribution in [3.8, 4) is 17.1 Å². The molecule has 0 bridgehead atoms. The Morgan fingerprint density at radius 2 is 1.82 bits per heavy atom. The second-order valence-corrected chi connectivity index (χ2v) is 7.89. The third-order valence-electron chi connectivity index (χ3n) is 5.03. The molecule has 146 valence electrons. The quantitative estimate of drug-likeness (QED) is 0.601. The molecule has 1 aromatic carbocycles. The standard InChI is InChI=1S/C21H24N4O2S/c1-16-18(11-14-27-16)20-22-23-21(25(20)17-9-5-4-6-10-17)28-15-19(26)24-12-7-2-3-8-13-24/h4-6,9-11,14H,2-3,7-8,12-13,15H2,1H3. The summed E-state index contributed by atoms with van der Waals surface area (Å²) in [6, 6.07) is 11.9. The Morgan fingerprint density at radius 3 is 2.50 bits per heavy atom. The van der Waals surface area contributed by atoms with Gasteiger partial charge in [-0.3, -0.25) is 9.36 Å². The van der Waals surface area contributed by atoms with Crippen LogP contribution in [0.2, 0.25) is 0 Å². The van der Waals surface area contributed by atoms with Crippen LogP contribution in [0.15, 0.2) is 52.2 Å². The van der Waals surface area contributed by atoms with E-state index in [1.165, 1.54) is 24.6 Å². The monoisotopic (exact) mass is 396 g/mol. The Bertz CT molecular complexity index is 927. The lowest BCUT2D eigenvalue weighted by atomic mass is 10.2. The second-order valence-electron chi connectivity index (χ2n) is 6.95. The molecule has 0 atom stereocenters. The number of aromatic nitrogens is 3. The highest BCUT2D eigenvalue weighted by Gasteiger charge is 2.21. The molecule has 1 aliphatic rings. The van der Waals surface area contributed by atoms with Crippen molar-refractivity contribution in [2.75, 3.05) is 18.8 Å². The number of hydrogen-bond donors (Lipinski definition) is 0. The van der Waals surface area contributed by atoms with Crippen molar-refractivity contribution in [3.05, 3.63) is 48.4 Å². The minimum Gasteiger partial charge on any atom is -0.469 e. The maximum absolute atomic E-state index is 12.7. The smallest absolute Gasteiger partial charge is 0.233 e. The molecule has 3 aromatic rings. The maximum Gasteiger partial charge on any atom is 0.233 e. The molecule has 4 rings (SSSR count). The Hall–Kier alpha value is -2.54. The highest BCUT2D eigenvalue weighted by molar-refractivity contribution is 7.99. The van der Waals surface area contributed by atoms with Gasteiger partial charge in [-0.05, 0) is 38.0 Å². The van der Waals surface area contributed by atoms with Crippen molar-refractivity contribution in [2.45, 2.75) is 37.8 Å². The summed E-state index contributed by atoms with van der Waals surface area (Å²) >= 11 is 1.44. The van der Waals surface area contributed by atoms with Crippen LogP contribution in [0.4, 0.5) is 0 Å². The van der Waals surface area contributed by atoms with Gasteiger partial charge in [0.2, 0.25) is 5.91 Å². The Kier molecular flexibility index (Phi) is 5.81. The summed E-state index contributed by atoms with van der Waals surface area (Å²) in [5, 5.41) is 9.51. The van der Waals surface area contributed by atoms with Crippen LogP contribution in [0, 0.1) is 6.92 Å². The number of aryl methyl sites for hydroxylation is 1. The first kappa shape index (κ1) is 18.8. The Balaban J connectivity index is 1.59. The average molecular weight is 397 g/mol. The van der Waals surface area contributed by atoms with Gasteiger partial charge in [0.15, 0.2) is 11.0 Å². The molecular formula is C21H24N4O2S. The van der Waals surface area contributed by atoms with Crippen LogP contribution in [0.1, 0.15) is 31.4 Å². The zero-order chi connectivity index (χ0) is 19.3. The van der Waals surface area contributed by atoms with Crippen molar-refractivity contribution in [1.82, 2.24) is 19.7 Å². The summed E-state index contributed by atoms with van der Waals surface area (Å²) < 4.78 is 7.46. The van der Waals surface area contributed by atoms with Gasteiger partial charge in [0.25, 0.3) is 0 Å². The van der Waals surface area contributed by atoms with Crippen LogP contribution in [0.5, 0.6) is 0 Å². The van der Waals surface area contributed by atoms with Crippen LogP contribution in [-0.2, 0) is 4.79 Å². The molecule has 7 heteroatoms. The van der Waals surface area contributed by atoms with Gasteiger partial charge in [0.1, 0.15) is 5.76 Å². The molecule has 2 aromatic heterocycles. The number of hydrogen-bond acceptors (Lipinski definition) is 5. The first-order valence-electron chi connectivity index (χ1n) is 9.70. The van der Waals surface area contributed by atoms with Crippen LogP contribution in [-0.4, -0.2) is 44.4 Å². The first-order chi connectivity index (χ1) is 13.7. The summed E-state index contributed by atoms with van der Waals surface area (Å²) in [6.07, 6.45) is 6.28. The topological polar surface area (TPSA) is 64.2 Å². The van der Waals surface area contributed by atoms with Gasteiger partial charge in [-0.2, -0.15) is 0 Å². The zero-order valence-corrected chi connectivity index (χ0v) is 16.8. The zero-order valence-electron chi connectivity index (χ0n) is 16.0. The van der Waals surface area contributed by atoms with Gasteiger partial charge in [-0.1, -0.05) is 42.8 Å². The molecule has 3 heterocycles. The molecule has 1 amide bonds. The second kappa shape index (κ2) is 8.65. The fourth-order valence-electron chi connectivity index (χ4n) is 3.50. The largest absolute Gasteiger partial charge is 0.469 e. The van der Waals surface area contributed by atoms with Crippen molar-refractivity contribution < 1.29 is 9.21 Å². The molecule has 0 aliphatic carbocycles. The summed E-state index contributed by atoms with van der Waals surface area (Å²) in [7, 11) is 0. The number of para-hydroxylation sites is 1. The molecular weight excluding hydrogens is 372 g/mol. The fraction of sp³-hybridized carbons (Fsp3) is 0.381. The number of carbonyl (C=O) groups is 1. The first-order valence-corrected chi connectivity index (χ1v) is 10.7. The SMILES string of the molecule is Cc1occc1-c1nnc(SCC(=O)N2CCCCCC2)n1-c1ccccc1. The molecule has 6 nitrogen and oxygen atoms in total. The Labute approximate surface area is 168 Å². The van der Waals surface area contributed by atoms with E-state index in [0.717, 1.165) is 48.8 Å². The predicted molar refractivity (Wildman–Crippen MR) is 110 cm³/mol. The summed E-state index contributed by atoms with van der Waals surface area (Å²) in [5.41, 5.74) is 1.87. The van der Waals surface area contributed by atoms with Crippen molar-refractivity contribution in [3.63, 3.8) is 0 Å². The highest BCUT2D eigenvalue weighted by Crippen LogP contribution is 2.30. The van der Waals surface area contributed by atoms with Gasteiger partial charge in [-0.25, -0.2) is 0 Å². The van der Waals surface area contributed by atoms with Gasteiger partial charge in [0, 0.05) is 18.8 Å². The molecule has 0 spiro atoms. The summed E-state index contributed by atoms with van der Waals surface area (Å²) in [4.78, 5) is 14.7. The van der Waals surface area contributed by atoms with Crippen LogP contribution >= 0.6 is 11.8 Å². The number of benzene rings is 1. The van der Waals surface area contributed by atoms with E-state index in [1.807, 2.05) is 52.8 Å². The lowest BCUT2D eigenvalue weighted by molar-refractivity contribution is -0.128. The molecule has 1 fully saturated rings. The van der Waals surface area contributed by atoms with E-state index in [-0.39, 0.29) is 5.91 Å². The average Bonchev–Trinajstić information content (AvgIpc) is 3.22. The Morgan fingerprint density at radius 1 is 1.07 bits per heavy atom. The molecule has 0 radical (unpaired) electrons. The van der Waals surface area contributed by atoms with Crippen LogP contribution in [0.25, 0.3) is 17.1 Å². The number of furan rings is 1. The number of thioether (sulfide) groups is 1. The van der Waals surface area contributed by atoms with E-state index in [0.29, 0.717) is 10.9 Å². The third-order valence-corrected chi connectivity index (χ3v) is 5.94. The van der Waals surface area contributed by atoms with E-state index >= 15 is 0 Å². The third kappa shape index (κ3) is 3.99. The predicted octanol–water partition coefficient (Wildman–Crippen LogP) is 4.33. The van der Waals surface area contributed by atoms with Gasteiger partial charge < -0.3 is 9.32 Å². The molecule has 0 saturated carbocycles. The van der Waals surface area contributed by atoms with E-state index < -0.39 is 0 Å². The lowest BCUT2D eigenvalue weighted by Gasteiger charge is -2.20. The maximum atomic E-state index is 12.7. The van der Waals surface area contributed by atoms with Gasteiger partial charge >= 0.3 is 0 Å². The van der Waals surface area contributed by atoms with E-state index in [9.17, 15) is 4.79 Å². The van der Waals surface area contributed by atoms with E-state index in [2.05, 4.69) is 10.2 Å².